The second-order valence-corrected chi connectivity index (χ2v) is 10.3. The fourth-order valence-corrected chi connectivity index (χ4v) is 6.75. The highest BCUT2D eigenvalue weighted by Crippen LogP contribution is 2.41. The zero-order valence-electron chi connectivity index (χ0n) is 17.6. The Morgan fingerprint density at radius 3 is 2.50 bits per heavy atom. The standard InChI is InChI=1S/C23H25N3O5S/c24-8-9-25-22(27)19-14-17(15-20(19)23(28)26-10-12-31-13-11-26)32(29,30)21-7-3-5-16-4-1-2-6-18(16)21/h1-7,17,19-20H,9-15H2,(H,25,27). The number of nitrogens with zero attached hydrogens (tertiary/aromatic N) is 2. The van der Waals surface area contributed by atoms with Gasteiger partial charge < -0.3 is 15.0 Å². The maximum Gasteiger partial charge on any atom is 0.226 e. The minimum Gasteiger partial charge on any atom is -0.378 e. The van der Waals surface area contributed by atoms with Gasteiger partial charge in [0.1, 0.15) is 6.54 Å². The van der Waals surface area contributed by atoms with Gasteiger partial charge in [0.2, 0.25) is 11.8 Å². The lowest BCUT2D eigenvalue weighted by atomic mass is 9.93. The Bertz CT molecular complexity index is 1160. The van der Waals surface area contributed by atoms with Crippen LogP contribution in [0.4, 0.5) is 0 Å². The van der Waals surface area contributed by atoms with Gasteiger partial charge in [-0.05, 0) is 24.3 Å². The van der Waals surface area contributed by atoms with Crippen LogP contribution in [0.2, 0.25) is 0 Å². The molecule has 4 rings (SSSR count). The average Bonchev–Trinajstić information content (AvgIpc) is 3.29. The molecule has 1 aliphatic carbocycles. The summed E-state index contributed by atoms with van der Waals surface area (Å²) in [6.45, 7) is 1.49. The molecule has 9 heteroatoms. The summed E-state index contributed by atoms with van der Waals surface area (Å²) in [5, 5.41) is 11.9. The molecule has 2 fully saturated rings. The Morgan fingerprint density at radius 1 is 1.06 bits per heavy atom. The van der Waals surface area contributed by atoms with E-state index < -0.39 is 32.8 Å². The zero-order valence-corrected chi connectivity index (χ0v) is 18.4. The van der Waals surface area contributed by atoms with Crippen molar-refractivity contribution in [3.8, 4) is 6.07 Å². The summed E-state index contributed by atoms with van der Waals surface area (Å²) < 4.78 is 32.6. The number of fused-ring (bicyclic) bond motifs is 1. The number of amides is 2. The molecule has 3 atom stereocenters. The van der Waals surface area contributed by atoms with Gasteiger partial charge in [0.15, 0.2) is 9.84 Å². The molecule has 2 aliphatic rings. The molecule has 0 radical (unpaired) electrons. The number of carbonyl (C=O) groups excluding carboxylic acids is 2. The van der Waals surface area contributed by atoms with Gasteiger partial charge in [0.05, 0.1) is 41.3 Å². The topological polar surface area (TPSA) is 117 Å². The Hall–Kier alpha value is -2.96. The van der Waals surface area contributed by atoms with Gasteiger partial charge in [-0.3, -0.25) is 9.59 Å². The van der Waals surface area contributed by atoms with Crippen LogP contribution < -0.4 is 5.32 Å². The fourth-order valence-electron chi connectivity index (χ4n) is 4.71. The van der Waals surface area contributed by atoms with Crippen molar-refractivity contribution in [1.29, 1.82) is 5.26 Å². The molecule has 1 aliphatic heterocycles. The molecule has 2 aromatic carbocycles. The van der Waals surface area contributed by atoms with Crippen molar-refractivity contribution in [3.63, 3.8) is 0 Å². The van der Waals surface area contributed by atoms with E-state index in [9.17, 15) is 18.0 Å². The van der Waals surface area contributed by atoms with Gasteiger partial charge in [-0.25, -0.2) is 8.42 Å². The summed E-state index contributed by atoms with van der Waals surface area (Å²) in [7, 11) is -3.79. The van der Waals surface area contributed by atoms with Crippen molar-refractivity contribution >= 4 is 32.4 Å². The number of carbonyl (C=O) groups is 2. The number of rotatable bonds is 5. The van der Waals surface area contributed by atoms with Gasteiger partial charge in [0, 0.05) is 18.5 Å². The summed E-state index contributed by atoms with van der Waals surface area (Å²) in [5.74, 6) is -2.22. The Balaban J connectivity index is 1.66. The first-order valence-electron chi connectivity index (χ1n) is 10.7. The van der Waals surface area contributed by atoms with Crippen molar-refractivity contribution in [2.75, 3.05) is 32.8 Å². The zero-order chi connectivity index (χ0) is 22.7. The van der Waals surface area contributed by atoms with Gasteiger partial charge in [-0.15, -0.1) is 0 Å². The number of sulfone groups is 1. The average molecular weight is 456 g/mol. The highest BCUT2D eigenvalue weighted by Gasteiger charge is 2.48. The van der Waals surface area contributed by atoms with Crippen LogP contribution in [-0.4, -0.2) is 63.2 Å². The van der Waals surface area contributed by atoms with Crippen molar-refractivity contribution in [3.05, 3.63) is 42.5 Å². The van der Waals surface area contributed by atoms with Crippen LogP contribution in [0.3, 0.4) is 0 Å². The van der Waals surface area contributed by atoms with Crippen LogP contribution >= 0.6 is 0 Å². The van der Waals surface area contributed by atoms with Crippen LogP contribution in [0.5, 0.6) is 0 Å². The first kappa shape index (κ1) is 22.2. The fraction of sp³-hybridized carbons (Fsp3) is 0.435. The molecule has 1 heterocycles. The first-order chi connectivity index (χ1) is 15.4. The molecule has 0 bridgehead atoms. The maximum atomic E-state index is 13.6. The van der Waals surface area contributed by atoms with E-state index in [2.05, 4.69) is 5.32 Å². The molecule has 2 aromatic rings. The number of morpholine rings is 1. The van der Waals surface area contributed by atoms with Crippen LogP contribution in [-0.2, 0) is 24.2 Å². The van der Waals surface area contributed by atoms with E-state index in [1.807, 2.05) is 24.3 Å². The highest BCUT2D eigenvalue weighted by atomic mass is 32.2. The second-order valence-electron chi connectivity index (χ2n) is 8.14. The van der Waals surface area contributed by atoms with Gasteiger partial charge >= 0.3 is 0 Å². The van der Waals surface area contributed by atoms with Gasteiger partial charge in [-0.1, -0.05) is 36.4 Å². The van der Waals surface area contributed by atoms with Crippen LogP contribution in [0.1, 0.15) is 12.8 Å². The molecule has 32 heavy (non-hydrogen) atoms. The maximum absolute atomic E-state index is 13.6. The Morgan fingerprint density at radius 2 is 1.75 bits per heavy atom. The van der Waals surface area contributed by atoms with Crippen molar-refractivity contribution < 1.29 is 22.7 Å². The molecule has 2 amide bonds. The number of hydrogen-bond acceptors (Lipinski definition) is 6. The predicted octanol–water partition coefficient (Wildman–Crippen LogP) is 1.51. The molecular weight excluding hydrogens is 430 g/mol. The number of benzene rings is 2. The molecule has 1 saturated heterocycles. The van der Waals surface area contributed by atoms with E-state index in [1.165, 1.54) is 0 Å². The summed E-state index contributed by atoms with van der Waals surface area (Å²) >= 11 is 0. The van der Waals surface area contributed by atoms with Crippen molar-refractivity contribution in [2.45, 2.75) is 23.0 Å². The van der Waals surface area contributed by atoms with Crippen molar-refractivity contribution in [1.82, 2.24) is 10.2 Å². The molecule has 8 nitrogen and oxygen atoms in total. The summed E-state index contributed by atoms with van der Waals surface area (Å²) in [4.78, 5) is 27.9. The van der Waals surface area contributed by atoms with E-state index in [-0.39, 0.29) is 30.2 Å². The first-order valence-corrected chi connectivity index (χ1v) is 12.2. The van der Waals surface area contributed by atoms with Crippen molar-refractivity contribution in [2.24, 2.45) is 11.8 Å². The molecule has 168 valence electrons. The third-order valence-corrected chi connectivity index (χ3v) is 8.56. The second kappa shape index (κ2) is 9.27. The van der Waals surface area contributed by atoms with E-state index in [1.54, 1.807) is 29.2 Å². The molecule has 0 spiro atoms. The number of ether oxygens (including phenoxy) is 1. The number of hydrogen-bond donors (Lipinski definition) is 1. The predicted molar refractivity (Wildman–Crippen MR) is 117 cm³/mol. The molecule has 1 N–H and O–H groups in total. The van der Waals surface area contributed by atoms with E-state index >= 15 is 0 Å². The smallest absolute Gasteiger partial charge is 0.226 e. The quantitative estimate of drug-likeness (QED) is 0.683. The van der Waals surface area contributed by atoms with E-state index in [0.717, 1.165) is 5.39 Å². The molecule has 3 unspecified atom stereocenters. The Labute approximate surface area is 187 Å². The van der Waals surface area contributed by atoms with E-state index in [0.29, 0.717) is 31.7 Å². The molecular formula is C23H25N3O5S. The Kier molecular flexibility index (Phi) is 6.44. The third kappa shape index (κ3) is 4.20. The summed E-state index contributed by atoms with van der Waals surface area (Å²) in [6, 6.07) is 14.3. The normalized spacial score (nSPS) is 23.6. The largest absolute Gasteiger partial charge is 0.378 e. The van der Waals surface area contributed by atoms with Gasteiger partial charge in [0.25, 0.3) is 0 Å². The van der Waals surface area contributed by atoms with E-state index in [4.69, 9.17) is 10.00 Å². The minimum absolute atomic E-state index is 0.0452. The molecule has 0 aromatic heterocycles. The molecule has 1 saturated carbocycles. The third-order valence-electron chi connectivity index (χ3n) is 6.33. The lowest BCUT2D eigenvalue weighted by Gasteiger charge is -2.30. The summed E-state index contributed by atoms with van der Waals surface area (Å²) in [5.41, 5.74) is 0. The lowest BCUT2D eigenvalue weighted by molar-refractivity contribution is -0.144. The van der Waals surface area contributed by atoms with Crippen LogP contribution in [0.25, 0.3) is 10.8 Å². The lowest BCUT2D eigenvalue weighted by Crippen LogP contribution is -2.46. The van der Waals surface area contributed by atoms with Crippen LogP contribution in [0, 0.1) is 23.2 Å². The monoisotopic (exact) mass is 455 g/mol. The minimum atomic E-state index is -3.79. The highest BCUT2D eigenvalue weighted by molar-refractivity contribution is 7.92. The number of nitriles is 1. The van der Waals surface area contributed by atoms with Gasteiger partial charge in [-0.2, -0.15) is 5.26 Å². The summed E-state index contributed by atoms with van der Waals surface area (Å²) in [6.07, 6.45) is 0.121. The number of nitrogens with one attached hydrogen (secondary N) is 1. The SMILES string of the molecule is N#CCNC(=O)C1CC(S(=O)(=O)c2cccc3ccccc23)CC1C(=O)N1CCOCC1. The van der Waals surface area contributed by atoms with Crippen LogP contribution in [0.15, 0.2) is 47.4 Å².